The highest BCUT2D eigenvalue weighted by molar-refractivity contribution is 7.22. The number of nitrogen functional groups attached to an aromatic ring is 1. The van der Waals surface area contributed by atoms with Crippen molar-refractivity contribution in [3.63, 3.8) is 0 Å². The molecule has 51 heavy (non-hydrogen) atoms. The van der Waals surface area contributed by atoms with E-state index < -0.39 is 28.9 Å². The largest absolute Gasteiger partial charge is 0.461 e. The lowest BCUT2D eigenvalue weighted by atomic mass is 9.95. The Morgan fingerprint density at radius 1 is 1.14 bits per heavy atom. The smallest absolute Gasteiger partial charge is 0.346 e. The first-order chi connectivity index (χ1) is 24.6. The highest BCUT2D eigenvalue weighted by Gasteiger charge is 2.50. The lowest BCUT2D eigenvalue weighted by Crippen LogP contribution is -2.54. The highest BCUT2D eigenvalue weighted by Crippen LogP contribution is 2.44. The molecular weight excluding hydrogens is 709 g/mol. The molecule has 3 atom stereocenters. The molecule has 0 radical (unpaired) electrons. The molecule has 0 aliphatic carbocycles. The lowest BCUT2D eigenvalue weighted by Gasteiger charge is -2.41. The Kier molecular flexibility index (Phi) is 7.75. The van der Waals surface area contributed by atoms with E-state index in [1.807, 2.05) is 4.90 Å². The third-order valence-corrected chi connectivity index (χ3v) is 11.8. The van der Waals surface area contributed by atoms with Gasteiger partial charge in [0, 0.05) is 42.6 Å². The van der Waals surface area contributed by atoms with Gasteiger partial charge in [0.25, 0.3) is 0 Å². The summed E-state index contributed by atoms with van der Waals surface area (Å²) >= 11 is 7.83. The van der Waals surface area contributed by atoms with Crippen molar-refractivity contribution in [2.45, 2.75) is 43.0 Å². The van der Waals surface area contributed by atoms with Crippen LogP contribution in [0.3, 0.4) is 0 Å². The van der Waals surface area contributed by atoms with Crippen LogP contribution in [0.15, 0.2) is 30.9 Å². The molecule has 266 valence electrons. The van der Waals surface area contributed by atoms with Crippen LogP contribution in [0, 0.1) is 11.6 Å². The van der Waals surface area contributed by atoms with Gasteiger partial charge < -0.3 is 25.0 Å². The number of carbonyl (C=O) groups is 1. The number of hydrogen-bond acceptors (Lipinski definition) is 12. The van der Waals surface area contributed by atoms with Crippen molar-refractivity contribution < 1.29 is 27.4 Å². The number of benzene rings is 2. The number of nitrogens with two attached hydrogens (primary N) is 1. The summed E-state index contributed by atoms with van der Waals surface area (Å²) in [6.07, 6.45) is 4.29. The number of thiazole rings is 1. The van der Waals surface area contributed by atoms with Gasteiger partial charge in [0.1, 0.15) is 48.2 Å². The van der Waals surface area contributed by atoms with Crippen LogP contribution in [0.25, 0.3) is 32.2 Å². The fraction of sp³-hybridized carbons (Fsp3) is 0.455. The van der Waals surface area contributed by atoms with Crippen molar-refractivity contribution >= 4 is 61.0 Å². The molecule has 5 aromatic rings. The molecule has 1 spiro atoms. The number of hydrogen-bond donors (Lipinski definition) is 1. The van der Waals surface area contributed by atoms with Gasteiger partial charge in [-0.15, -0.1) is 0 Å². The molecule has 4 saturated heterocycles. The van der Waals surface area contributed by atoms with Gasteiger partial charge in [0.05, 0.1) is 40.5 Å². The Morgan fingerprint density at radius 2 is 2.02 bits per heavy atom. The third kappa shape index (κ3) is 5.43. The Hall–Kier alpha value is -4.32. The zero-order chi connectivity index (χ0) is 35.1. The van der Waals surface area contributed by atoms with Crippen LogP contribution in [0.4, 0.5) is 28.9 Å². The molecule has 2 N–H and O–H groups in total. The van der Waals surface area contributed by atoms with E-state index in [1.54, 1.807) is 11.0 Å². The molecule has 0 bridgehead atoms. The minimum atomic E-state index is -0.955. The van der Waals surface area contributed by atoms with E-state index >= 15 is 4.39 Å². The number of ether oxygens (including phenoxy) is 2. The minimum Gasteiger partial charge on any atom is -0.461 e. The summed E-state index contributed by atoms with van der Waals surface area (Å²) in [5.41, 5.74) is 5.09. The molecule has 18 heteroatoms. The first-order valence-corrected chi connectivity index (χ1v) is 17.9. The zero-order valence-corrected chi connectivity index (χ0v) is 28.8. The van der Waals surface area contributed by atoms with Crippen molar-refractivity contribution in [2.24, 2.45) is 0 Å². The maximum absolute atomic E-state index is 17.0. The van der Waals surface area contributed by atoms with Crippen LogP contribution < -0.4 is 15.4 Å². The van der Waals surface area contributed by atoms with E-state index in [-0.39, 0.29) is 55.7 Å². The Balaban J connectivity index is 1.12. The van der Waals surface area contributed by atoms with E-state index in [4.69, 9.17) is 31.8 Å². The second-order valence-corrected chi connectivity index (χ2v) is 15.1. The van der Waals surface area contributed by atoms with E-state index in [1.165, 1.54) is 29.5 Å². The molecule has 9 rings (SSSR count). The van der Waals surface area contributed by atoms with Gasteiger partial charge in [-0.1, -0.05) is 22.9 Å². The van der Waals surface area contributed by atoms with Crippen LogP contribution >= 0.6 is 22.9 Å². The SMILES string of the molecule is Nc1nc2c(-c3c(Cl)cc4c(N5CCOC6(CCN(C(=O)n7cncn7)C6)C5)nc(OC[C@@]56CCCN5C[C@H](F)C6)nc4c3F)ccc(F)c2s1. The van der Waals surface area contributed by atoms with Crippen molar-refractivity contribution in [1.82, 2.24) is 39.5 Å². The van der Waals surface area contributed by atoms with Crippen LogP contribution in [-0.2, 0) is 4.74 Å². The third-order valence-electron chi connectivity index (χ3n) is 10.6. The van der Waals surface area contributed by atoms with E-state index in [9.17, 15) is 13.6 Å². The summed E-state index contributed by atoms with van der Waals surface area (Å²) in [7, 11) is 0. The number of halogens is 4. The quantitative estimate of drug-likeness (QED) is 0.263. The molecule has 2 aromatic carbocycles. The predicted octanol–water partition coefficient (Wildman–Crippen LogP) is 4.92. The summed E-state index contributed by atoms with van der Waals surface area (Å²) < 4.78 is 60.3. The van der Waals surface area contributed by atoms with Crippen molar-refractivity contribution in [2.75, 3.05) is 63.1 Å². The first kappa shape index (κ1) is 32.6. The fourth-order valence-corrected chi connectivity index (χ4v) is 9.34. The van der Waals surface area contributed by atoms with Gasteiger partial charge >= 0.3 is 12.0 Å². The zero-order valence-electron chi connectivity index (χ0n) is 27.2. The highest BCUT2D eigenvalue weighted by atomic mass is 35.5. The minimum absolute atomic E-state index is 0.0109. The monoisotopic (exact) mass is 740 g/mol. The molecule has 1 amide bonds. The molecular formula is C33H32ClF3N10O3S. The normalized spacial score (nSPS) is 25.1. The number of morpholine rings is 1. The van der Waals surface area contributed by atoms with Crippen molar-refractivity contribution in [1.29, 1.82) is 0 Å². The van der Waals surface area contributed by atoms with Gasteiger partial charge in [-0.3, -0.25) is 4.90 Å². The first-order valence-electron chi connectivity index (χ1n) is 16.7. The van der Waals surface area contributed by atoms with Crippen molar-refractivity contribution in [3.8, 4) is 17.1 Å². The number of carbonyl (C=O) groups excluding carboxylic acids is 1. The van der Waals surface area contributed by atoms with E-state index in [2.05, 4.69) is 25.0 Å². The molecule has 4 aliphatic rings. The number of anilines is 2. The average Bonchev–Trinajstić information content (AvgIpc) is 3.95. The Labute approximate surface area is 298 Å². The Morgan fingerprint density at radius 3 is 2.86 bits per heavy atom. The molecule has 7 heterocycles. The maximum atomic E-state index is 17.0. The second-order valence-electron chi connectivity index (χ2n) is 13.7. The summed E-state index contributed by atoms with van der Waals surface area (Å²) in [5.74, 6) is -0.911. The number of aromatic nitrogens is 6. The predicted molar refractivity (Wildman–Crippen MR) is 184 cm³/mol. The average molecular weight is 741 g/mol. The summed E-state index contributed by atoms with van der Waals surface area (Å²) in [6, 6.07) is 3.87. The molecule has 3 aromatic heterocycles. The van der Waals surface area contributed by atoms with Gasteiger partial charge in [0.2, 0.25) is 0 Å². The van der Waals surface area contributed by atoms with E-state index in [0.29, 0.717) is 63.4 Å². The van der Waals surface area contributed by atoms with Gasteiger partial charge in [-0.2, -0.15) is 19.7 Å². The standard InChI is InChI=1S/C33H32ClF3N10O3S/c34-21-10-20-25(24(37)23(21)19-2-3-22(36)27-26(19)41-29(38)51-27)42-30(49-15-32-4-1-6-46(32)12-18(35)11-32)43-28(20)44-8-9-50-33(13-44)5-7-45(14-33)31(48)47-17-39-16-40-47/h2-3,10,16-18H,1,4-9,11-15H2,(H2,38,41)/t18-,32+,33?/m1/s1. The van der Waals surface area contributed by atoms with Gasteiger partial charge in [0.15, 0.2) is 10.9 Å². The number of rotatable bonds is 5. The van der Waals surface area contributed by atoms with Crippen LogP contribution in [-0.4, -0.2) is 115 Å². The number of nitrogens with zero attached hydrogens (tertiary/aromatic N) is 9. The fourth-order valence-electron chi connectivity index (χ4n) is 8.29. The maximum Gasteiger partial charge on any atom is 0.346 e. The lowest BCUT2D eigenvalue weighted by molar-refractivity contribution is -0.0452. The van der Waals surface area contributed by atoms with Crippen LogP contribution in [0.1, 0.15) is 25.7 Å². The number of likely N-dealkylation sites (tertiary alicyclic amines) is 1. The summed E-state index contributed by atoms with van der Waals surface area (Å²) in [4.78, 5) is 36.4. The Bertz CT molecular complexity index is 2190. The molecule has 13 nitrogen and oxygen atoms in total. The van der Waals surface area contributed by atoms with Gasteiger partial charge in [-0.25, -0.2) is 27.9 Å². The molecule has 0 saturated carbocycles. The van der Waals surface area contributed by atoms with Crippen molar-refractivity contribution in [3.05, 3.63) is 47.5 Å². The van der Waals surface area contributed by atoms with Crippen LogP contribution in [0.5, 0.6) is 6.01 Å². The topological polar surface area (TPSA) is 141 Å². The second kappa shape index (κ2) is 12.1. The number of amides is 1. The van der Waals surface area contributed by atoms with E-state index in [0.717, 1.165) is 30.7 Å². The molecule has 4 fully saturated rings. The summed E-state index contributed by atoms with van der Waals surface area (Å²) in [5, 5.41) is 4.48. The van der Waals surface area contributed by atoms with Crippen LogP contribution in [0.2, 0.25) is 5.02 Å². The molecule has 1 unspecified atom stereocenters. The number of alkyl halides is 1. The molecule has 4 aliphatic heterocycles. The number of fused-ring (bicyclic) bond motifs is 3. The summed E-state index contributed by atoms with van der Waals surface area (Å²) in [6.45, 7) is 3.07. The van der Waals surface area contributed by atoms with Gasteiger partial charge in [-0.05, 0) is 44.0 Å².